The molecular formula is C58H90N6O11. The summed E-state index contributed by atoms with van der Waals surface area (Å²) in [5, 5.41) is 20.0. The molecule has 4 saturated heterocycles. The summed E-state index contributed by atoms with van der Waals surface area (Å²) in [4.78, 5) is 57.8. The van der Waals surface area contributed by atoms with E-state index in [1.807, 2.05) is 13.8 Å². The van der Waals surface area contributed by atoms with Crippen molar-refractivity contribution >= 4 is 29.7 Å². The lowest BCUT2D eigenvalue weighted by atomic mass is 9.60. The Morgan fingerprint density at radius 3 is 2.24 bits per heavy atom. The smallest absolute Gasteiger partial charge is 0.251 e. The highest BCUT2D eigenvalue weighted by Crippen LogP contribution is 2.53. The van der Waals surface area contributed by atoms with Crippen molar-refractivity contribution in [1.29, 1.82) is 0 Å². The van der Waals surface area contributed by atoms with Crippen LogP contribution >= 0.6 is 0 Å². The number of hydrazone groups is 1. The molecule has 18 atom stereocenters. The fourth-order valence-electron chi connectivity index (χ4n) is 13.2. The monoisotopic (exact) mass is 1050 g/mol. The molecule has 17 heteroatoms. The Morgan fingerprint density at radius 2 is 1.51 bits per heavy atom. The molecule has 2 aliphatic carbocycles. The summed E-state index contributed by atoms with van der Waals surface area (Å²) in [6.07, 6.45) is 14.9. The summed E-state index contributed by atoms with van der Waals surface area (Å²) >= 11 is 0. The van der Waals surface area contributed by atoms with Crippen LogP contribution in [0, 0.1) is 71.0 Å². The van der Waals surface area contributed by atoms with E-state index in [1.165, 1.54) is 51.9 Å². The number of aliphatic hydroxyl groups excluding tert-OH is 1. The Balaban J connectivity index is 0.000000430. The molecule has 8 rings (SSSR count). The quantitative estimate of drug-likeness (QED) is 0.0474. The number of Topliss-reactive ketones (excluding diaryl/α,β-unsaturated/α-hetero) is 1. The minimum Gasteiger partial charge on any atom is -0.393 e. The minimum atomic E-state index is -1.01. The van der Waals surface area contributed by atoms with E-state index in [0.29, 0.717) is 53.9 Å². The molecule has 1 aromatic heterocycles. The Bertz CT molecular complexity index is 2120. The first-order valence-electron chi connectivity index (χ1n) is 28.5. The number of amides is 3. The molecule has 17 nitrogen and oxygen atoms in total. The predicted octanol–water partition coefficient (Wildman–Crippen LogP) is 7.26. The number of rotatable bonds is 21. The van der Waals surface area contributed by atoms with Gasteiger partial charge in [-0.1, -0.05) is 59.6 Å². The highest BCUT2D eigenvalue weighted by Gasteiger charge is 2.52. The van der Waals surface area contributed by atoms with Crippen LogP contribution in [0.3, 0.4) is 0 Å². The molecule has 0 radical (unpaired) electrons. The third kappa shape index (κ3) is 16.2. The molecule has 6 aliphatic rings. The molecule has 1 aromatic carbocycles. The normalized spacial score (nSPS) is 32.9. The fraction of sp³-hybridized carbons (Fsp3) is 0.759. The van der Waals surface area contributed by atoms with Crippen LogP contribution in [0.15, 0.2) is 41.9 Å². The van der Waals surface area contributed by atoms with Crippen molar-refractivity contribution in [2.24, 2.45) is 76.1 Å². The van der Waals surface area contributed by atoms with E-state index in [2.05, 4.69) is 65.7 Å². The maximum Gasteiger partial charge on any atom is 0.251 e. The zero-order valence-corrected chi connectivity index (χ0v) is 46.1. The molecule has 3 amide bonds. The van der Waals surface area contributed by atoms with Crippen LogP contribution in [0.1, 0.15) is 141 Å². The molecule has 5 heterocycles. The summed E-state index contributed by atoms with van der Waals surface area (Å²) in [5.41, 5.74) is 4.74. The van der Waals surface area contributed by atoms with Crippen LogP contribution in [-0.2, 0) is 49.2 Å². The molecule has 75 heavy (non-hydrogen) atoms. The van der Waals surface area contributed by atoms with E-state index < -0.39 is 17.9 Å². The number of aromatic amines is 1. The van der Waals surface area contributed by atoms with Crippen LogP contribution in [0.5, 0.6) is 0 Å². The van der Waals surface area contributed by atoms with Crippen LogP contribution < -0.4 is 16.1 Å². The third-order valence-corrected chi connectivity index (χ3v) is 17.6. The van der Waals surface area contributed by atoms with Crippen LogP contribution in [0.25, 0.3) is 0 Å². The molecule has 4 aliphatic heterocycles. The largest absolute Gasteiger partial charge is 0.393 e. The maximum absolute atomic E-state index is 13.1. The van der Waals surface area contributed by atoms with Crippen molar-refractivity contribution in [3.8, 4) is 0 Å². The van der Waals surface area contributed by atoms with Crippen molar-refractivity contribution in [1.82, 2.24) is 26.0 Å². The number of nitrogens with zero attached hydrogens (tertiary/aromatic N) is 2. The summed E-state index contributed by atoms with van der Waals surface area (Å²) in [6.45, 7) is 19.3. The average molecular weight is 1050 g/mol. The lowest BCUT2D eigenvalue weighted by molar-refractivity contribution is -0.279. The van der Waals surface area contributed by atoms with Gasteiger partial charge >= 0.3 is 0 Å². The standard InChI is InChI=1S/C44H66N6O9.C14H24O2/c1-26-7-13-37-30(5)39(59-44-40(37)36(26)14-8-29(4)58-44)19-27(2)41(53)50-48-22-32-9-11-33(12-10-32)42(54)46-15-16-56-17-18-57-24-35(52)21-38(31(6)51)43(55)49-28(3)20-34-23-45-25-47-34;1-9-5-6-12-10(2)8-16-14-13(12)11(9)4-3-7-15-14/h9-12,22-23,25-31,36-40,44,51H,7-8,13-21,24H2,1-6H3,(H,45,47)(H,46,54)(H,49,55)(H,50,53);9-14H,3-8H2,1-2H3/b48-22-;/t26-,27?,28+,29-,30+,31+,36?,37?,38?,39?,40?,44+;9-,10+,11?,12?,13?,14+/m01/s1. The summed E-state index contributed by atoms with van der Waals surface area (Å²) in [6, 6.07) is 6.66. The second-order valence-electron chi connectivity index (χ2n) is 23.2. The first kappa shape index (κ1) is 58.6. The van der Waals surface area contributed by atoms with Gasteiger partial charge in [-0.2, -0.15) is 5.10 Å². The number of ether oxygens (including phenoxy) is 6. The second kappa shape index (κ2) is 28.5. The van der Waals surface area contributed by atoms with Crippen LogP contribution in [-0.4, -0.2) is 128 Å². The zero-order chi connectivity index (χ0) is 53.6. The molecule has 9 unspecified atom stereocenters. The van der Waals surface area contributed by atoms with Gasteiger partial charge in [-0.25, -0.2) is 10.4 Å². The number of hydrogen-bond donors (Lipinski definition) is 5. The van der Waals surface area contributed by atoms with Crippen molar-refractivity contribution in [3.63, 3.8) is 0 Å². The van der Waals surface area contributed by atoms with Crippen LogP contribution in [0.2, 0.25) is 0 Å². The lowest BCUT2D eigenvalue weighted by Crippen LogP contribution is -2.53. The molecule has 0 spiro atoms. The topological polar surface area (TPSA) is 221 Å². The Kier molecular flexibility index (Phi) is 22.3. The van der Waals surface area contributed by atoms with Gasteiger partial charge in [-0.05, 0) is 131 Å². The molecule has 6 fully saturated rings. The molecule has 2 saturated carbocycles. The van der Waals surface area contributed by atoms with Crippen molar-refractivity contribution in [3.05, 3.63) is 53.6 Å². The molecule has 2 aromatic rings. The number of nitrogens with one attached hydrogen (secondary N) is 4. The Morgan fingerprint density at radius 1 is 0.813 bits per heavy atom. The molecule has 0 bridgehead atoms. The van der Waals surface area contributed by atoms with Gasteiger partial charge < -0.3 is 49.1 Å². The van der Waals surface area contributed by atoms with Gasteiger partial charge in [0, 0.05) is 67.2 Å². The number of hydrogen-bond acceptors (Lipinski definition) is 13. The van der Waals surface area contributed by atoms with E-state index in [-0.39, 0.29) is 93.7 Å². The Labute approximate surface area is 445 Å². The predicted molar refractivity (Wildman–Crippen MR) is 284 cm³/mol. The SMILES string of the molecule is CC(CC1O[C@H]2O[C@@H](C)CCC3C2C(CC[C@@H]3C)[C@H]1C)C(=O)N/N=C\c1ccc(C(=O)NCCOCCOCC(=O)CC(C(=O)N[C@H](C)Cc2cnc[nH]2)[C@@H](C)O)cc1.C[C@@H]1CCC2C3C1CCCO[C@H]3OC[C@@H]2C. The van der Waals surface area contributed by atoms with Gasteiger partial charge in [-0.3, -0.25) is 19.2 Å². The average Bonchev–Trinajstić information content (AvgIpc) is 3.71. The lowest BCUT2D eigenvalue weighted by Gasteiger charge is -2.52. The molecule has 5 N–H and O–H groups in total. The van der Waals surface area contributed by atoms with E-state index >= 15 is 0 Å². The van der Waals surface area contributed by atoms with Gasteiger partial charge in [0.1, 0.15) is 6.61 Å². The highest BCUT2D eigenvalue weighted by atomic mass is 16.7. The third-order valence-electron chi connectivity index (χ3n) is 17.6. The highest BCUT2D eigenvalue weighted by molar-refractivity contribution is 5.95. The first-order chi connectivity index (χ1) is 36.1. The molecule has 418 valence electrons. The minimum absolute atomic E-state index is 0.0510. The summed E-state index contributed by atoms with van der Waals surface area (Å²) < 4.78 is 35.9. The number of aromatic nitrogens is 2. The number of aliphatic hydroxyl groups is 1. The van der Waals surface area contributed by atoms with E-state index in [1.54, 1.807) is 43.0 Å². The Hall–Kier alpha value is -4.10. The van der Waals surface area contributed by atoms with Crippen molar-refractivity contribution in [2.45, 2.75) is 163 Å². The number of H-pyrrole nitrogens is 1. The van der Waals surface area contributed by atoms with Gasteiger partial charge in [0.15, 0.2) is 18.4 Å². The maximum atomic E-state index is 13.1. The van der Waals surface area contributed by atoms with Crippen molar-refractivity contribution in [2.75, 3.05) is 46.2 Å². The first-order valence-corrected chi connectivity index (χ1v) is 28.5. The van der Waals surface area contributed by atoms with Crippen LogP contribution in [0.4, 0.5) is 0 Å². The van der Waals surface area contributed by atoms with E-state index in [0.717, 1.165) is 54.6 Å². The molecular weight excluding hydrogens is 957 g/mol. The number of carbonyl (C=O) groups is 4. The van der Waals surface area contributed by atoms with Gasteiger partial charge in [0.05, 0.1) is 63.2 Å². The number of benzene rings is 1. The van der Waals surface area contributed by atoms with Gasteiger partial charge in [0.2, 0.25) is 11.8 Å². The second-order valence-corrected chi connectivity index (χ2v) is 23.2. The van der Waals surface area contributed by atoms with Crippen molar-refractivity contribution < 1.29 is 52.7 Å². The van der Waals surface area contributed by atoms with Gasteiger partial charge in [0.25, 0.3) is 5.91 Å². The number of ketones is 1. The summed E-state index contributed by atoms with van der Waals surface area (Å²) in [7, 11) is 0. The fourth-order valence-corrected chi connectivity index (χ4v) is 13.2. The summed E-state index contributed by atoms with van der Waals surface area (Å²) in [5.74, 6) is 4.35. The van der Waals surface area contributed by atoms with E-state index in [9.17, 15) is 24.3 Å². The zero-order valence-electron chi connectivity index (χ0n) is 46.1. The number of imidazole rings is 1. The van der Waals surface area contributed by atoms with Gasteiger partial charge in [-0.15, -0.1) is 0 Å². The number of carbonyl (C=O) groups excluding carboxylic acids is 4. The van der Waals surface area contributed by atoms with E-state index in [4.69, 9.17) is 28.4 Å².